The van der Waals surface area contributed by atoms with Gasteiger partial charge in [0.2, 0.25) is 10.0 Å². The van der Waals surface area contributed by atoms with Gasteiger partial charge in [-0.05, 0) is 81.6 Å². The van der Waals surface area contributed by atoms with Crippen molar-refractivity contribution in [2.24, 2.45) is 11.3 Å². The number of carbonyl (C=O) groups is 1. The first kappa shape index (κ1) is 34.1. The quantitative estimate of drug-likeness (QED) is 0.300. The number of hydrogen-bond donors (Lipinski definition) is 2. The number of nitrogens with one attached hydrogen (secondary N) is 1. The summed E-state index contributed by atoms with van der Waals surface area (Å²) in [6.45, 7) is 7.22. The van der Waals surface area contributed by atoms with Crippen LogP contribution in [0.25, 0.3) is 0 Å². The summed E-state index contributed by atoms with van der Waals surface area (Å²) in [6.07, 6.45) is -2.20. The molecule has 2 saturated heterocycles. The second kappa shape index (κ2) is 14.6. The van der Waals surface area contributed by atoms with Gasteiger partial charge in [-0.1, -0.05) is 44.2 Å². The van der Waals surface area contributed by atoms with Crippen LogP contribution in [-0.4, -0.2) is 94.5 Å². The van der Waals surface area contributed by atoms with Crippen molar-refractivity contribution in [3.63, 3.8) is 0 Å². The minimum Gasteiger partial charge on any atom is -0.496 e. The fourth-order valence-corrected chi connectivity index (χ4v) is 7.34. The maximum atomic E-state index is 14.4. The summed E-state index contributed by atoms with van der Waals surface area (Å²) in [5.74, 6) is 0.507. The summed E-state index contributed by atoms with van der Waals surface area (Å²) >= 11 is 0. The van der Waals surface area contributed by atoms with Crippen molar-refractivity contribution in [2.75, 3.05) is 41.0 Å². The summed E-state index contributed by atoms with van der Waals surface area (Å²) in [5, 5.41) is 13.5. The summed E-state index contributed by atoms with van der Waals surface area (Å²) < 4.78 is 52.3. The van der Waals surface area contributed by atoms with Crippen molar-refractivity contribution in [1.82, 2.24) is 14.5 Å². The van der Waals surface area contributed by atoms with Crippen LogP contribution in [0, 0.1) is 11.3 Å². The van der Waals surface area contributed by atoms with Crippen LogP contribution in [0.4, 0.5) is 4.79 Å². The van der Waals surface area contributed by atoms with Crippen LogP contribution in [0.15, 0.2) is 53.4 Å². The number of methoxy groups -OCH3 is 1. The van der Waals surface area contributed by atoms with Gasteiger partial charge in [-0.3, -0.25) is 0 Å². The molecule has 0 bridgehead atoms. The van der Waals surface area contributed by atoms with Gasteiger partial charge in [-0.2, -0.15) is 4.31 Å². The summed E-state index contributed by atoms with van der Waals surface area (Å²) in [4.78, 5) is 15.3. The lowest BCUT2D eigenvalue weighted by Gasteiger charge is -2.34. The first-order valence-corrected chi connectivity index (χ1v) is 16.5. The molecule has 2 fully saturated rings. The zero-order chi connectivity index (χ0) is 32.1. The number of nitrogens with zero attached hydrogens (tertiary/aromatic N) is 2. The highest BCUT2D eigenvalue weighted by molar-refractivity contribution is 7.89. The van der Waals surface area contributed by atoms with E-state index in [-0.39, 0.29) is 29.4 Å². The van der Waals surface area contributed by atoms with Crippen LogP contribution >= 0.6 is 0 Å². The molecular weight excluding hydrogens is 586 g/mol. The molecular formula is C32H47N3O8S. The van der Waals surface area contributed by atoms with E-state index in [0.29, 0.717) is 30.8 Å². The molecule has 244 valence electrons. The normalized spacial score (nSPS) is 21.7. The van der Waals surface area contributed by atoms with Gasteiger partial charge in [0.1, 0.15) is 18.0 Å². The van der Waals surface area contributed by atoms with E-state index in [4.69, 9.17) is 18.9 Å². The van der Waals surface area contributed by atoms with Crippen molar-refractivity contribution in [3.8, 4) is 5.75 Å². The van der Waals surface area contributed by atoms with Crippen LogP contribution < -0.4 is 10.1 Å². The Morgan fingerprint density at radius 2 is 1.89 bits per heavy atom. The fourth-order valence-electron chi connectivity index (χ4n) is 5.69. The smallest absolute Gasteiger partial charge is 0.408 e. The minimum absolute atomic E-state index is 0.0311. The lowest BCUT2D eigenvalue weighted by molar-refractivity contribution is -0.0907. The Kier molecular flexibility index (Phi) is 11.3. The first-order valence-electron chi connectivity index (χ1n) is 15.1. The molecule has 2 aromatic carbocycles. The van der Waals surface area contributed by atoms with Crippen LogP contribution in [0.5, 0.6) is 5.75 Å². The van der Waals surface area contributed by atoms with E-state index in [0.717, 1.165) is 22.8 Å². The van der Waals surface area contributed by atoms with Gasteiger partial charge in [0.15, 0.2) is 6.29 Å². The van der Waals surface area contributed by atoms with E-state index >= 15 is 0 Å². The number of carbonyl (C=O) groups excluding carboxylic acids is 1. The Hall–Kier alpha value is -2.74. The van der Waals surface area contributed by atoms with Crippen LogP contribution in [-0.2, 0) is 37.2 Å². The highest BCUT2D eigenvalue weighted by Gasteiger charge is 2.44. The molecule has 0 aliphatic carbocycles. The molecule has 11 nitrogen and oxygen atoms in total. The van der Waals surface area contributed by atoms with Crippen molar-refractivity contribution in [2.45, 2.75) is 76.1 Å². The molecule has 0 spiro atoms. The molecule has 12 heteroatoms. The lowest BCUT2D eigenvalue weighted by Crippen LogP contribution is -2.56. The molecule has 2 aromatic rings. The average molecular weight is 634 g/mol. The third kappa shape index (κ3) is 8.49. The van der Waals surface area contributed by atoms with Crippen LogP contribution in [0.3, 0.4) is 0 Å². The van der Waals surface area contributed by atoms with Gasteiger partial charge in [-0.15, -0.1) is 0 Å². The zero-order valence-corrected chi connectivity index (χ0v) is 27.4. The molecule has 0 aromatic heterocycles. The van der Waals surface area contributed by atoms with Gasteiger partial charge >= 0.3 is 6.09 Å². The minimum atomic E-state index is -4.26. The molecule has 2 aliphatic rings. The third-order valence-electron chi connectivity index (χ3n) is 8.22. The Morgan fingerprint density at radius 1 is 1.16 bits per heavy atom. The maximum absolute atomic E-state index is 14.4. The van der Waals surface area contributed by atoms with E-state index in [9.17, 15) is 18.3 Å². The Bertz CT molecular complexity index is 1350. The standard InChI is InChI=1S/C32H47N3O8S/c1-22(36)29(33-31(37)43-28-21-42-30-26(28)14-17-41-30)35(20-23-10-8-7-9-11-23)44(38,39)25-12-13-27(40-6)24(18-25)19-32(2,3)15-16-34(4)5/h7-13,18,22,26,28-30,36H,14-17,19-21H2,1-6H3,(H,33,37)/t22?,26-,28-,29+,30+/m1/s1. The van der Waals surface area contributed by atoms with E-state index in [1.807, 2.05) is 20.2 Å². The second-order valence-electron chi connectivity index (χ2n) is 12.7. The monoisotopic (exact) mass is 633 g/mol. The van der Waals surface area contributed by atoms with E-state index in [2.05, 4.69) is 24.1 Å². The largest absolute Gasteiger partial charge is 0.496 e. The molecule has 0 radical (unpaired) electrons. The number of aliphatic hydroxyl groups excluding tert-OH is 1. The molecule has 0 saturated carbocycles. The Balaban J connectivity index is 1.64. The van der Waals surface area contributed by atoms with Gasteiger partial charge in [-0.25, -0.2) is 13.2 Å². The summed E-state index contributed by atoms with van der Waals surface area (Å²) in [5.41, 5.74) is 1.31. The first-order chi connectivity index (χ1) is 20.8. The number of aliphatic hydroxyl groups is 1. The Morgan fingerprint density at radius 3 is 2.55 bits per heavy atom. The maximum Gasteiger partial charge on any atom is 0.408 e. The number of alkyl carbamates (subject to hydrolysis) is 1. The number of amides is 1. The fraction of sp³-hybridized carbons (Fsp3) is 0.594. The molecule has 5 atom stereocenters. The highest BCUT2D eigenvalue weighted by Crippen LogP contribution is 2.35. The summed E-state index contributed by atoms with van der Waals surface area (Å²) in [7, 11) is 1.35. The van der Waals surface area contributed by atoms with E-state index in [1.54, 1.807) is 43.5 Å². The Labute approximate surface area is 261 Å². The van der Waals surface area contributed by atoms with Crippen molar-refractivity contribution >= 4 is 16.1 Å². The van der Waals surface area contributed by atoms with Gasteiger partial charge in [0.25, 0.3) is 0 Å². The molecule has 1 unspecified atom stereocenters. The van der Waals surface area contributed by atoms with Crippen molar-refractivity contribution in [1.29, 1.82) is 0 Å². The van der Waals surface area contributed by atoms with Crippen LogP contribution in [0.2, 0.25) is 0 Å². The summed E-state index contributed by atoms with van der Waals surface area (Å²) in [6, 6.07) is 13.8. The molecule has 2 N–H and O–H groups in total. The van der Waals surface area contributed by atoms with Crippen molar-refractivity contribution in [3.05, 3.63) is 59.7 Å². The molecule has 2 aliphatic heterocycles. The molecule has 2 heterocycles. The predicted molar refractivity (Wildman–Crippen MR) is 165 cm³/mol. The number of rotatable bonds is 14. The molecule has 4 rings (SSSR count). The number of sulfonamides is 1. The van der Waals surface area contributed by atoms with E-state index in [1.165, 1.54) is 13.0 Å². The SMILES string of the molecule is COc1ccc(S(=O)(=O)N(Cc2ccccc2)[C@H](NC(=O)O[C@@H]2CO[C@@H]3OCC[C@@H]32)C(C)O)cc1CC(C)(C)CCN(C)C. The molecule has 44 heavy (non-hydrogen) atoms. The lowest BCUT2D eigenvalue weighted by atomic mass is 9.82. The van der Waals surface area contributed by atoms with Gasteiger partial charge in [0, 0.05) is 6.54 Å². The predicted octanol–water partition coefficient (Wildman–Crippen LogP) is 3.60. The topological polar surface area (TPSA) is 127 Å². The third-order valence-corrected chi connectivity index (χ3v) is 10.0. The zero-order valence-electron chi connectivity index (χ0n) is 26.6. The average Bonchev–Trinajstić information content (AvgIpc) is 3.59. The number of ether oxygens (including phenoxy) is 4. The second-order valence-corrected chi connectivity index (χ2v) is 14.6. The molecule has 1 amide bonds. The highest BCUT2D eigenvalue weighted by atomic mass is 32.2. The van der Waals surface area contributed by atoms with E-state index < -0.39 is 40.8 Å². The van der Waals surface area contributed by atoms with Gasteiger partial charge in [0.05, 0.1) is 37.2 Å². The van der Waals surface area contributed by atoms with Crippen LogP contribution in [0.1, 0.15) is 44.7 Å². The van der Waals surface area contributed by atoms with Crippen molar-refractivity contribution < 1.29 is 37.3 Å². The number of hydrogen-bond acceptors (Lipinski definition) is 9. The number of fused-ring (bicyclic) bond motifs is 1. The number of benzene rings is 2. The van der Waals surface area contributed by atoms with Gasteiger partial charge < -0.3 is 34.3 Å².